The van der Waals surface area contributed by atoms with Gasteiger partial charge in [-0.2, -0.15) is 0 Å². The SMILES string of the molecule is CCCC(=O)C(=O)Nc1sc(-c2ccccc2)cc1C(N)=O. The summed E-state index contributed by atoms with van der Waals surface area (Å²) in [6.45, 7) is 1.82. The zero-order chi connectivity index (χ0) is 16.1. The van der Waals surface area contributed by atoms with Crippen molar-refractivity contribution in [2.45, 2.75) is 19.8 Å². The molecule has 0 fully saturated rings. The van der Waals surface area contributed by atoms with Gasteiger partial charge in [-0.1, -0.05) is 37.3 Å². The van der Waals surface area contributed by atoms with Crippen LogP contribution in [0.5, 0.6) is 0 Å². The van der Waals surface area contributed by atoms with E-state index >= 15 is 0 Å². The van der Waals surface area contributed by atoms with E-state index in [0.29, 0.717) is 11.4 Å². The van der Waals surface area contributed by atoms with Crippen LogP contribution in [0.15, 0.2) is 36.4 Å². The molecule has 0 saturated heterocycles. The highest BCUT2D eigenvalue weighted by Crippen LogP contribution is 2.35. The zero-order valence-corrected chi connectivity index (χ0v) is 12.9. The molecule has 0 spiro atoms. The molecular weight excluding hydrogens is 300 g/mol. The van der Waals surface area contributed by atoms with Crippen LogP contribution in [0.2, 0.25) is 0 Å². The van der Waals surface area contributed by atoms with Gasteiger partial charge in [-0.25, -0.2) is 0 Å². The third-order valence-electron chi connectivity index (χ3n) is 3.01. The Bertz CT molecular complexity index is 707. The second-order valence-electron chi connectivity index (χ2n) is 4.71. The molecule has 2 rings (SSSR count). The summed E-state index contributed by atoms with van der Waals surface area (Å²) in [4.78, 5) is 35.7. The second-order valence-corrected chi connectivity index (χ2v) is 5.76. The van der Waals surface area contributed by atoms with Crippen molar-refractivity contribution in [3.05, 3.63) is 42.0 Å². The van der Waals surface area contributed by atoms with Crippen LogP contribution in [-0.2, 0) is 9.59 Å². The maximum atomic E-state index is 11.8. The average molecular weight is 316 g/mol. The van der Waals surface area contributed by atoms with E-state index in [1.165, 1.54) is 11.3 Å². The Balaban J connectivity index is 2.31. The Labute approximate surface area is 132 Å². The largest absolute Gasteiger partial charge is 0.366 e. The van der Waals surface area contributed by atoms with Crippen molar-refractivity contribution in [3.63, 3.8) is 0 Å². The molecule has 1 aromatic carbocycles. The minimum Gasteiger partial charge on any atom is -0.366 e. The minimum atomic E-state index is -0.717. The van der Waals surface area contributed by atoms with Gasteiger partial charge in [0, 0.05) is 11.3 Å². The minimum absolute atomic E-state index is 0.175. The smallest absolute Gasteiger partial charge is 0.292 e. The van der Waals surface area contributed by atoms with Gasteiger partial charge in [-0.15, -0.1) is 11.3 Å². The summed E-state index contributed by atoms with van der Waals surface area (Å²) < 4.78 is 0. The number of amides is 2. The second kappa shape index (κ2) is 7.00. The fourth-order valence-corrected chi connectivity index (χ4v) is 2.99. The number of carbonyl (C=O) groups is 3. The van der Waals surface area contributed by atoms with E-state index in [9.17, 15) is 14.4 Å². The highest BCUT2D eigenvalue weighted by atomic mass is 32.1. The average Bonchev–Trinajstić information content (AvgIpc) is 2.92. The van der Waals surface area contributed by atoms with Crippen molar-refractivity contribution < 1.29 is 14.4 Å². The summed E-state index contributed by atoms with van der Waals surface area (Å²) in [7, 11) is 0. The number of benzene rings is 1. The number of primary amides is 1. The molecule has 5 nitrogen and oxygen atoms in total. The number of hydrogen-bond donors (Lipinski definition) is 2. The topological polar surface area (TPSA) is 89.3 Å². The molecule has 22 heavy (non-hydrogen) atoms. The summed E-state index contributed by atoms with van der Waals surface area (Å²) in [5.41, 5.74) is 6.47. The molecule has 0 saturated carbocycles. The lowest BCUT2D eigenvalue weighted by Gasteiger charge is -2.02. The first kappa shape index (κ1) is 15.9. The first-order chi connectivity index (χ1) is 10.5. The molecule has 0 atom stereocenters. The molecule has 3 N–H and O–H groups in total. The van der Waals surface area contributed by atoms with Gasteiger partial charge >= 0.3 is 0 Å². The van der Waals surface area contributed by atoms with E-state index in [1.807, 2.05) is 37.3 Å². The normalized spacial score (nSPS) is 10.2. The fraction of sp³-hybridized carbons (Fsp3) is 0.188. The van der Waals surface area contributed by atoms with Gasteiger partial charge in [0.2, 0.25) is 5.78 Å². The van der Waals surface area contributed by atoms with Crippen LogP contribution in [0.3, 0.4) is 0 Å². The number of carbonyl (C=O) groups excluding carboxylic acids is 3. The van der Waals surface area contributed by atoms with Gasteiger partial charge < -0.3 is 11.1 Å². The summed E-state index contributed by atoms with van der Waals surface area (Å²) in [6.07, 6.45) is 0.767. The Kier molecular flexibility index (Phi) is 5.06. The van der Waals surface area contributed by atoms with Crippen molar-refractivity contribution in [1.29, 1.82) is 0 Å². The molecule has 0 bridgehead atoms. The van der Waals surface area contributed by atoms with Gasteiger partial charge in [0.1, 0.15) is 5.00 Å². The van der Waals surface area contributed by atoms with E-state index < -0.39 is 17.6 Å². The molecule has 6 heteroatoms. The number of Topliss-reactive ketones (excluding diaryl/α,β-unsaturated/α-hetero) is 1. The van der Waals surface area contributed by atoms with Crippen molar-refractivity contribution in [3.8, 4) is 10.4 Å². The van der Waals surface area contributed by atoms with Gasteiger partial charge in [0.25, 0.3) is 11.8 Å². The maximum absolute atomic E-state index is 11.8. The predicted molar refractivity (Wildman–Crippen MR) is 86.8 cm³/mol. The third kappa shape index (κ3) is 3.59. The molecule has 114 valence electrons. The van der Waals surface area contributed by atoms with E-state index in [-0.39, 0.29) is 12.0 Å². The molecule has 1 aromatic heterocycles. The Hall–Kier alpha value is -2.47. The number of hydrogen-bond acceptors (Lipinski definition) is 4. The number of anilines is 1. The highest BCUT2D eigenvalue weighted by molar-refractivity contribution is 7.20. The quantitative estimate of drug-likeness (QED) is 0.803. The number of ketones is 1. The molecule has 2 aromatic rings. The fourth-order valence-electron chi connectivity index (χ4n) is 1.93. The van der Waals surface area contributed by atoms with Crippen LogP contribution in [0.4, 0.5) is 5.00 Å². The highest BCUT2D eigenvalue weighted by Gasteiger charge is 2.19. The van der Waals surface area contributed by atoms with Crippen molar-refractivity contribution in [1.82, 2.24) is 0 Å². The Morgan fingerprint density at radius 1 is 1.18 bits per heavy atom. The van der Waals surface area contributed by atoms with Crippen LogP contribution in [0, 0.1) is 0 Å². The molecular formula is C16H16N2O3S. The monoisotopic (exact) mass is 316 g/mol. The van der Waals surface area contributed by atoms with Crippen molar-refractivity contribution in [2.24, 2.45) is 5.73 Å². The summed E-state index contributed by atoms with van der Waals surface area (Å²) in [5.74, 6) is -1.87. The van der Waals surface area contributed by atoms with Crippen molar-refractivity contribution >= 4 is 33.9 Å². The number of rotatable bonds is 6. The molecule has 0 aliphatic carbocycles. The van der Waals surface area contributed by atoms with Gasteiger partial charge in [-0.3, -0.25) is 14.4 Å². The zero-order valence-electron chi connectivity index (χ0n) is 12.1. The van der Waals surface area contributed by atoms with Crippen LogP contribution < -0.4 is 11.1 Å². The van der Waals surface area contributed by atoms with Gasteiger partial charge in [-0.05, 0) is 18.1 Å². The van der Waals surface area contributed by atoms with Gasteiger partial charge in [0.05, 0.1) is 5.56 Å². The Morgan fingerprint density at radius 2 is 1.86 bits per heavy atom. The van der Waals surface area contributed by atoms with Crippen LogP contribution in [0.25, 0.3) is 10.4 Å². The number of thiophene rings is 1. The number of nitrogens with one attached hydrogen (secondary N) is 1. The molecule has 2 amide bonds. The number of nitrogens with two attached hydrogens (primary N) is 1. The summed E-state index contributed by atoms with van der Waals surface area (Å²) in [5, 5.41) is 2.80. The molecule has 0 aliphatic heterocycles. The van der Waals surface area contributed by atoms with Crippen LogP contribution in [0.1, 0.15) is 30.1 Å². The first-order valence-electron chi connectivity index (χ1n) is 6.86. The summed E-state index contributed by atoms with van der Waals surface area (Å²) in [6, 6.07) is 11.1. The van der Waals surface area contributed by atoms with Crippen LogP contribution in [-0.4, -0.2) is 17.6 Å². The van der Waals surface area contributed by atoms with Gasteiger partial charge in [0.15, 0.2) is 0 Å². The van der Waals surface area contributed by atoms with Crippen LogP contribution >= 0.6 is 11.3 Å². The molecule has 0 radical (unpaired) electrons. The first-order valence-corrected chi connectivity index (χ1v) is 7.67. The molecule has 1 heterocycles. The van der Waals surface area contributed by atoms with Crippen molar-refractivity contribution in [2.75, 3.05) is 5.32 Å². The van der Waals surface area contributed by atoms with E-state index in [1.54, 1.807) is 6.07 Å². The summed E-state index contributed by atoms with van der Waals surface area (Å²) >= 11 is 1.22. The lowest BCUT2D eigenvalue weighted by Crippen LogP contribution is -2.23. The lowest BCUT2D eigenvalue weighted by atomic mass is 10.1. The van der Waals surface area contributed by atoms with E-state index in [2.05, 4.69) is 5.32 Å². The third-order valence-corrected chi connectivity index (χ3v) is 4.11. The predicted octanol–water partition coefficient (Wildman–Crippen LogP) is 2.82. The van der Waals surface area contributed by atoms with E-state index in [0.717, 1.165) is 10.4 Å². The molecule has 0 aliphatic rings. The molecule has 0 unspecified atom stereocenters. The maximum Gasteiger partial charge on any atom is 0.292 e. The van der Waals surface area contributed by atoms with E-state index in [4.69, 9.17) is 5.73 Å². The Morgan fingerprint density at radius 3 is 2.45 bits per heavy atom. The standard InChI is InChI=1S/C16H16N2O3S/c1-2-6-12(19)15(21)18-16-11(14(17)20)9-13(22-16)10-7-4-3-5-8-10/h3-5,7-9H,2,6H2,1H3,(H2,17,20)(H,18,21). The lowest BCUT2D eigenvalue weighted by molar-refractivity contribution is -0.134.